The first kappa shape index (κ1) is 17.3. The van der Waals surface area contributed by atoms with Crippen LogP contribution >= 0.6 is 11.3 Å². The Morgan fingerprint density at radius 1 is 1.26 bits per heavy atom. The topological polar surface area (TPSA) is 43.8 Å². The van der Waals surface area contributed by atoms with Gasteiger partial charge in [0.05, 0.1) is 12.2 Å². The van der Waals surface area contributed by atoms with Crippen LogP contribution in [0.3, 0.4) is 0 Å². The normalized spacial score (nSPS) is 11.4. The number of thiazole rings is 1. The highest BCUT2D eigenvalue weighted by Crippen LogP contribution is 2.17. The van der Waals surface area contributed by atoms with E-state index in [4.69, 9.17) is 0 Å². The first-order valence-corrected chi connectivity index (χ1v) is 8.47. The Balaban J connectivity index is 1.95. The van der Waals surface area contributed by atoms with Crippen LogP contribution in [0.15, 0.2) is 34.6 Å². The molecule has 0 amide bonds. The molecule has 23 heavy (non-hydrogen) atoms. The van der Waals surface area contributed by atoms with Crippen LogP contribution in [0.1, 0.15) is 16.8 Å². The van der Waals surface area contributed by atoms with Crippen LogP contribution in [-0.4, -0.2) is 44.0 Å². The van der Waals surface area contributed by atoms with Crippen molar-refractivity contribution in [3.63, 3.8) is 0 Å². The van der Waals surface area contributed by atoms with E-state index in [0.717, 1.165) is 23.3 Å². The third kappa shape index (κ3) is 4.69. The maximum atomic E-state index is 4.58. The van der Waals surface area contributed by atoms with Crippen molar-refractivity contribution < 1.29 is 0 Å². The van der Waals surface area contributed by atoms with Gasteiger partial charge in [-0.1, -0.05) is 24.3 Å². The number of benzene rings is 1. The van der Waals surface area contributed by atoms with E-state index in [1.165, 1.54) is 11.1 Å². The van der Waals surface area contributed by atoms with Crippen LogP contribution in [0, 0.1) is 6.92 Å². The Labute approximate surface area is 142 Å². The van der Waals surface area contributed by atoms with Gasteiger partial charge in [0.25, 0.3) is 0 Å². The molecule has 0 saturated heterocycles. The number of guanidine groups is 1. The Kier molecular flexibility index (Phi) is 5.98. The molecule has 2 rings (SSSR count). The fourth-order valence-corrected chi connectivity index (χ4v) is 3.01. The van der Waals surface area contributed by atoms with Crippen LogP contribution in [0.5, 0.6) is 0 Å². The summed E-state index contributed by atoms with van der Waals surface area (Å²) >= 11 is 1.65. The van der Waals surface area contributed by atoms with E-state index in [1.807, 2.05) is 33.1 Å². The zero-order valence-electron chi connectivity index (χ0n) is 14.5. The fraction of sp³-hybridized carbons (Fsp3) is 0.412. The zero-order chi connectivity index (χ0) is 16.8. The van der Waals surface area contributed by atoms with Crippen molar-refractivity contribution in [2.24, 2.45) is 4.99 Å². The minimum atomic E-state index is 0.676. The molecule has 5 nitrogen and oxygen atoms in total. The van der Waals surface area contributed by atoms with E-state index in [9.17, 15) is 0 Å². The van der Waals surface area contributed by atoms with Gasteiger partial charge in [0.1, 0.15) is 0 Å². The van der Waals surface area contributed by atoms with Crippen LogP contribution in [0.4, 0.5) is 5.13 Å². The van der Waals surface area contributed by atoms with Crippen molar-refractivity contribution in [1.82, 2.24) is 15.2 Å². The van der Waals surface area contributed by atoms with Gasteiger partial charge in [0.15, 0.2) is 11.1 Å². The summed E-state index contributed by atoms with van der Waals surface area (Å²) in [5, 5.41) is 6.48. The van der Waals surface area contributed by atoms with Crippen molar-refractivity contribution in [3.05, 3.63) is 46.5 Å². The molecule has 0 radical (unpaired) electrons. The highest BCUT2D eigenvalue weighted by atomic mass is 32.1. The van der Waals surface area contributed by atoms with E-state index < -0.39 is 0 Å². The number of aromatic nitrogens is 1. The molecule has 2 aromatic rings. The van der Waals surface area contributed by atoms with Gasteiger partial charge in [-0.25, -0.2) is 4.98 Å². The van der Waals surface area contributed by atoms with Crippen molar-refractivity contribution in [2.45, 2.75) is 20.0 Å². The Bertz CT molecular complexity index is 663. The number of nitrogens with one attached hydrogen (secondary N) is 1. The molecule has 124 valence electrons. The quantitative estimate of drug-likeness (QED) is 0.676. The van der Waals surface area contributed by atoms with E-state index in [0.29, 0.717) is 6.54 Å². The second kappa shape index (κ2) is 7.97. The van der Waals surface area contributed by atoms with Crippen molar-refractivity contribution in [3.8, 4) is 0 Å². The van der Waals surface area contributed by atoms with Crippen molar-refractivity contribution >= 4 is 22.4 Å². The third-order valence-corrected chi connectivity index (χ3v) is 4.65. The summed E-state index contributed by atoms with van der Waals surface area (Å²) in [5.74, 6) is 0.868. The molecule has 0 bridgehead atoms. The highest BCUT2D eigenvalue weighted by molar-refractivity contribution is 7.13. The van der Waals surface area contributed by atoms with Crippen molar-refractivity contribution in [1.29, 1.82) is 0 Å². The minimum absolute atomic E-state index is 0.676. The molecule has 0 saturated carbocycles. The van der Waals surface area contributed by atoms with Crippen LogP contribution in [-0.2, 0) is 13.1 Å². The molecular weight excluding hydrogens is 306 g/mol. The molecule has 6 heteroatoms. The molecule has 0 aliphatic carbocycles. The van der Waals surface area contributed by atoms with E-state index in [-0.39, 0.29) is 0 Å². The summed E-state index contributed by atoms with van der Waals surface area (Å²) in [6.45, 7) is 3.64. The number of aryl methyl sites for hydroxylation is 1. The standard InChI is InChI=1S/C17H25N5S/c1-13-8-6-7-9-14(13)11-22(5)16(18-2)19-10-15-12-23-17(20-15)21(3)4/h6-9,12H,10-11H2,1-5H3,(H,18,19). The lowest BCUT2D eigenvalue weighted by molar-refractivity contribution is 0.475. The second-order valence-electron chi connectivity index (χ2n) is 5.70. The van der Waals surface area contributed by atoms with Gasteiger partial charge in [-0.05, 0) is 18.1 Å². The maximum Gasteiger partial charge on any atom is 0.194 e. The van der Waals surface area contributed by atoms with Crippen molar-refractivity contribution in [2.75, 3.05) is 33.1 Å². The fourth-order valence-electron chi connectivity index (χ4n) is 2.26. The molecular formula is C17H25N5S. The molecule has 0 spiro atoms. The molecule has 1 heterocycles. The highest BCUT2D eigenvalue weighted by Gasteiger charge is 2.09. The first-order chi connectivity index (χ1) is 11.0. The van der Waals surface area contributed by atoms with E-state index in [1.54, 1.807) is 11.3 Å². The summed E-state index contributed by atoms with van der Waals surface area (Å²) in [4.78, 5) is 13.1. The van der Waals surface area contributed by atoms with Gasteiger partial charge in [0.2, 0.25) is 0 Å². The summed E-state index contributed by atoms with van der Waals surface area (Å²) in [6, 6.07) is 8.43. The molecule has 0 fully saturated rings. The van der Waals surface area contributed by atoms with Crippen LogP contribution < -0.4 is 10.2 Å². The largest absolute Gasteiger partial charge is 0.354 e. The Hall–Kier alpha value is -2.08. The molecule has 1 aromatic carbocycles. The lowest BCUT2D eigenvalue weighted by Gasteiger charge is -2.22. The second-order valence-corrected chi connectivity index (χ2v) is 6.54. The summed E-state index contributed by atoms with van der Waals surface area (Å²) in [6.07, 6.45) is 0. The molecule has 0 aliphatic rings. The lowest BCUT2D eigenvalue weighted by atomic mass is 10.1. The van der Waals surface area contributed by atoms with Crippen LogP contribution in [0.2, 0.25) is 0 Å². The number of rotatable bonds is 5. The molecule has 1 aromatic heterocycles. The van der Waals surface area contributed by atoms with E-state index >= 15 is 0 Å². The van der Waals surface area contributed by atoms with E-state index in [2.05, 4.69) is 56.8 Å². The predicted molar refractivity (Wildman–Crippen MR) is 99.3 cm³/mol. The van der Waals surface area contributed by atoms with Crippen LogP contribution in [0.25, 0.3) is 0 Å². The average molecular weight is 331 g/mol. The number of nitrogens with zero attached hydrogens (tertiary/aromatic N) is 4. The number of hydrogen-bond donors (Lipinski definition) is 1. The SMILES string of the molecule is CN=C(NCc1csc(N(C)C)n1)N(C)Cc1ccccc1C. The summed E-state index contributed by atoms with van der Waals surface area (Å²) < 4.78 is 0. The molecule has 0 aliphatic heterocycles. The molecule has 1 N–H and O–H groups in total. The first-order valence-electron chi connectivity index (χ1n) is 7.59. The Morgan fingerprint density at radius 3 is 2.61 bits per heavy atom. The summed E-state index contributed by atoms with van der Waals surface area (Å²) in [7, 11) is 7.87. The molecule has 0 atom stereocenters. The van der Waals surface area contributed by atoms with Gasteiger partial charge < -0.3 is 15.1 Å². The maximum absolute atomic E-state index is 4.58. The number of anilines is 1. The number of hydrogen-bond acceptors (Lipinski definition) is 4. The van der Waals surface area contributed by atoms with Gasteiger partial charge in [-0.2, -0.15) is 0 Å². The van der Waals surface area contributed by atoms with Gasteiger partial charge in [-0.15, -0.1) is 11.3 Å². The monoisotopic (exact) mass is 331 g/mol. The smallest absolute Gasteiger partial charge is 0.194 e. The zero-order valence-corrected chi connectivity index (χ0v) is 15.3. The van der Waals surface area contributed by atoms with Gasteiger partial charge >= 0.3 is 0 Å². The third-order valence-electron chi connectivity index (χ3n) is 3.59. The number of aliphatic imine (C=N–C) groups is 1. The summed E-state index contributed by atoms with van der Waals surface area (Å²) in [5.41, 5.74) is 3.63. The minimum Gasteiger partial charge on any atom is -0.354 e. The van der Waals surface area contributed by atoms with Gasteiger partial charge in [0, 0.05) is 40.1 Å². The molecule has 0 unspecified atom stereocenters. The Morgan fingerprint density at radius 2 is 2.00 bits per heavy atom. The lowest BCUT2D eigenvalue weighted by Crippen LogP contribution is -2.38. The predicted octanol–water partition coefficient (Wildman–Crippen LogP) is 2.72. The van der Waals surface area contributed by atoms with Gasteiger partial charge in [-0.3, -0.25) is 4.99 Å². The average Bonchev–Trinajstić information content (AvgIpc) is 2.99.